The molecule has 0 amide bonds. The van der Waals surface area contributed by atoms with Crippen molar-refractivity contribution in [2.24, 2.45) is 17.8 Å². The van der Waals surface area contributed by atoms with Crippen molar-refractivity contribution in [1.82, 2.24) is 19.9 Å². The molecule has 2 bridgehead atoms. The van der Waals surface area contributed by atoms with Crippen LogP contribution in [0.2, 0.25) is 0 Å². The Kier molecular flexibility index (Phi) is 5.20. The second-order valence-corrected chi connectivity index (χ2v) is 7.89. The highest BCUT2D eigenvalue weighted by Crippen LogP contribution is 2.43. The molecule has 0 radical (unpaired) electrons. The zero-order valence-corrected chi connectivity index (χ0v) is 15.4. The van der Waals surface area contributed by atoms with Gasteiger partial charge in [0, 0.05) is 26.7 Å². The van der Waals surface area contributed by atoms with Crippen molar-refractivity contribution >= 4 is 0 Å². The lowest BCUT2D eigenvalue weighted by atomic mass is 9.93. The molecule has 0 N–H and O–H groups in total. The van der Waals surface area contributed by atoms with Crippen molar-refractivity contribution in [3.63, 3.8) is 0 Å². The Morgan fingerprint density at radius 2 is 2.04 bits per heavy atom. The fourth-order valence-corrected chi connectivity index (χ4v) is 4.60. The molecule has 4 atom stereocenters. The fourth-order valence-electron chi connectivity index (χ4n) is 4.60. The lowest BCUT2D eigenvalue weighted by Crippen LogP contribution is -2.35. The first-order valence-corrected chi connectivity index (χ1v) is 9.69. The number of hydrogen-bond acceptors (Lipinski definition) is 6. The fraction of sp³-hybridized carbons (Fsp3) is 0.789. The number of hydrogen-bond donors (Lipinski definition) is 0. The minimum absolute atomic E-state index is 0.118. The molecule has 0 spiro atoms. The Morgan fingerprint density at radius 1 is 1.20 bits per heavy atom. The second-order valence-electron chi connectivity index (χ2n) is 7.89. The van der Waals surface area contributed by atoms with E-state index in [1.165, 1.54) is 32.4 Å². The van der Waals surface area contributed by atoms with Crippen molar-refractivity contribution in [2.45, 2.75) is 38.8 Å². The summed E-state index contributed by atoms with van der Waals surface area (Å²) >= 11 is 0. The van der Waals surface area contributed by atoms with Crippen LogP contribution in [0.15, 0.2) is 16.7 Å². The minimum Gasteiger partial charge on any atom is -0.374 e. The summed E-state index contributed by atoms with van der Waals surface area (Å²) in [4.78, 5) is 9.58. The SMILES string of the molecule is COC(C)c1noc(CN2CCCN(CC3CC4C=CC3C4)CC2)n1. The van der Waals surface area contributed by atoms with Gasteiger partial charge in [0.2, 0.25) is 5.89 Å². The topological polar surface area (TPSA) is 54.6 Å². The van der Waals surface area contributed by atoms with E-state index in [4.69, 9.17) is 9.26 Å². The number of ether oxygens (including phenoxy) is 1. The third-order valence-corrected chi connectivity index (χ3v) is 6.15. The van der Waals surface area contributed by atoms with Gasteiger partial charge in [0.25, 0.3) is 0 Å². The van der Waals surface area contributed by atoms with E-state index in [0.717, 1.165) is 43.9 Å². The normalized spacial score (nSPS) is 31.5. The Bertz CT molecular complexity index is 602. The van der Waals surface area contributed by atoms with E-state index in [9.17, 15) is 0 Å². The summed E-state index contributed by atoms with van der Waals surface area (Å²) in [7, 11) is 1.66. The average molecular weight is 346 g/mol. The van der Waals surface area contributed by atoms with Gasteiger partial charge < -0.3 is 14.2 Å². The first-order valence-electron chi connectivity index (χ1n) is 9.69. The van der Waals surface area contributed by atoms with Gasteiger partial charge in [0.05, 0.1) is 6.54 Å². The summed E-state index contributed by atoms with van der Waals surface area (Å²) < 4.78 is 10.6. The number of methoxy groups -OCH3 is 1. The molecule has 138 valence electrons. The van der Waals surface area contributed by atoms with Crippen molar-refractivity contribution in [3.8, 4) is 0 Å². The number of allylic oxidation sites excluding steroid dienone is 2. The largest absolute Gasteiger partial charge is 0.374 e. The molecule has 1 saturated heterocycles. The molecule has 2 fully saturated rings. The van der Waals surface area contributed by atoms with Gasteiger partial charge in [0.15, 0.2) is 5.82 Å². The van der Waals surface area contributed by atoms with E-state index in [2.05, 4.69) is 32.1 Å². The lowest BCUT2D eigenvalue weighted by molar-refractivity contribution is 0.109. The van der Waals surface area contributed by atoms with Crippen LogP contribution in [0, 0.1) is 17.8 Å². The van der Waals surface area contributed by atoms with Crippen LogP contribution < -0.4 is 0 Å². The first kappa shape index (κ1) is 17.2. The number of aromatic nitrogens is 2. The molecule has 6 heteroatoms. The number of fused-ring (bicyclic) bond motifs is 2. The van der Waals surface area contributed by atoms with E-state index >= 15 is 0 Å². The van der Waals surface area contributed by atoms with Crippen LogP contribution in [0.4, 0.5) is 0 Å². The third kappa shape index (κ3) is 3.96. The van der Waals surface area contributed by atoms with E-state index in [0.29, 0.717) is 11.7 Å². The maximum atomic E-state index is 5.40. The maximum Gasteiger partial charge on any atom is 0.240 e. The molecule has 1 aromatic rings. The molecule has 0 aromatic carbocycles. The van der Waals surface area contributed by atoms with Crippen molar-refractivity contribution < 1.29 is 9.26 Å². The van der Waals surface area contributed by atoms with Gasteiger partial charge >= 0.3 is 0 Å². The van der Waals surface area contributed by atoms with Gasteiger partial charge in [-0.05, 0) is 57.0 Å². The third-order valence-electron chi connectivity index (χ3n) is 6.15. The van der Waals surface area contributed by atoms with Crippen LogP contribution in [-0.2, 0) is 11.3 Å². The first-order chi connectivity index (χ1) is 12.2. The average Bonchev–Trinajstić information content (AvgIpc) is 3.31. The lowest BCUT2D eigenvalue weighted by Gasteiger charge is -2.27. The molecule has 2 aliphatic carbocycles. The molecule has 4 rings (SSSR count). The summed E-state index contributed by atoms with van der Waals surface area (Å²) in [5.74, 6) is 3.95. The Labute approximate surface area is 150 Å². The highest BCUT2D eigenvalue weighted by atomic mass is 16.5. The molecular formula is C19H30N4O2. The van der Waals surface area contributed by atoms with Gasteiger partial charge in [-0.15, -0.1) is 0 Å². The summed E-state index contributed by atoms with van der Waals surface area (Å²) in [5.41, 5.74) is 0. The zero-order valence-electron chi connectivity index (χ0n) is 15.4. The molecule has 1 aromatic heterocycles. The van der Waals surface area contributed by atoms with Gasteiger partial charge in [-0.1, -0.05) is 17.3 Å². The molecular weight excluding hydrogens is 316 g/mol. The Morgan fingerprint density at radius 3 is 2.80 bits per heavy atom. The van der Waals surface area contributed by atoms with Crippen molar-refractivity contribution in [1.29, 1.82) is 0 Å². The van der Waals surface area contributed by atoms with E-state index in [-0.39, 0.29) is 6.10 Å². The molecule has 1 saturated carbocycles. The van der Waals surface area contributed by atoms with Gasteiger partial charge in [-0.2, -0.15) is 4.98 Å². The van der Waals surface area contributed by atoms with E-state index < -0.39 is 0 Å². The molecule has 6 nitrogen and oxygen atoms in total. The maximum absolute atomic E-state index is 5.40. The standard InChI is InChI=1S/C19H30N4O2/c1-14(24-2)19-20-18(25-21-19)13-23-7-3-6-22(8-9-23)12-17-11-15-4-5-16(17)10-15/h4-5,14-17H,3,6-13H2,1-2H3. The van der Waals surface area contributed by atoms with Gasteiger partial charge in [-0.25, -0.2) is 0 Å². The summed E-state index contributed by atoms with van der Waals surface area (Å²) in [6.45, 7) is 8.49. The highest BCUT2D eigenvalue weighted by molar-refractivity contribution is 5.10. The predicted octanol–water partition coefficient (Wildman–Crippen LogP) is 2.50. The van der Waals surface area contributed by atoms with Crippen LogP contribution in [0.1, 0.15) is 44.0 Å². The quantitative estimate of drug-likeness (QED) is 0.738. The van der Waals surface area contributed by atoms with Crippen molar-refractivity contribution in [2.75, 3.05) is 39.8 Å². The number of nitrogens with zero attached hydrogens (tertiary/aromatic N) is 4. The van der Waals surface area contributed by atoms with Gasteiger partial charge in [0.1, 0.15) is 6.10 Å². The molecule has 2 heterocycles. The minimum atomic E-state index is -0.118. The molecule has 25 heavy (non-hydrogen) atoms. The van der Waals surface area contributed by atoms with Crippen LogP contribution in [0.5, 0.6) is 0 Å². The smallest absolute Gasteiger partial charge is 0.240 e. The number of rotatable bonds is 6. The van der Waals surface area contributed by atoms with Crippen molar-refractivity contribution in [3.05, 3.63) is 23.9 Å². The predicted molar refractivity (Wildman–Crippen MR) is 94.9 cm³/mol. The summed E-state index contributed by atoms with van der Waals surface area (Å²) in [6.07, 6.45) is 8.82. The van der Waals surface area contributed by atoms with Crippen LogP contribution in [0.25, 0.3) is 0 Å². The van der Waals surface area contributed by atoms with Crippen LogP contribution in [0.3, 0.4) is 0 Å². The highest BCUT2D eigenvalue weighted by Gasteiger charge is 2.36. The summed E-state index contributed by atoms with van der Waals surface area (Å²) in [6, 6.07) is 0. The van der Waals surface area contributed by atoms with Crippen LogP contribution in [-0.4, -0.2) is 59.8 Å². The Hall–Kier alpha value is -1.24. The zero-order chi connectivity index (χ0) is 17.2. The Balaban J connectivity index is 1.26. The van der Waals surface area contributed by atoms with E-state index in [1.54, 1.807) is 7.11 Å². The second kappa shape index (κ2) is 7.56. The van der Waals surface area contributed by atoms with Gasteiger partial charge in [-0.3, -0.25) is 4.90 Å². The molecule has 3 aliphatic rings. The van der Waals surface area contributed by atoms with Crippen LogP contribution >= 0.6 is 0 Å². The monoisotopic (exact) mass is 346 g/mol. The molecule has 4 unspecified atom stereocenters. The van der Waals surface area contributed by atoms with E-state index in [1.807, 2.05) is 6.92 Å². The molecule has 1 aliphatic heterocycles. The summed E-state index contributed by atoms with van der Waals surface area (Å²) in [5, 5.41) is 4.03.